The molecule has 0 bridgehead atoms. The predicted octanol–water partition coefficient (Wildman–Crippen LogP) is 5.02. The van der Waals surface area contributed by atoms with Gasteiger partial charge >= 0.3 is 12.3 Å². The van der Waals surface area contributed by atoms with Gasteiger partial charge in [0.05, 0.1) is 28.4 Å². The molecule has 0 radical (unpaired) electrons. The normalized spacial score (nSPS) is 18.0. The highest BCUT2D eigenvalue weighted by Gasteiger charge is 2.49. The number of amides is 1. The fraction of sp³-hybridized carbons (Fsp3) is 0.458. The molecule has 1 fully saturated rings. The van der Waals surface area contributed by atoms with E-state index >= 15 is 0 Å². The van der Waals surface area contributed by atoms with Gasteiger partial charge in [0.2, 0.25) is 5.95 Å². The van der Waals surface area contributed by atoms with Crippen molar-refractivity contribution in [2.75, 3.05) is 16.8 Å². The van der Waals surface area contributed by atoms with Crippen molar-refractivity contribution < 1.29 is 27.8 Å². The Morgan fingerprint density at radius 3 is 2.57 bits per heavy atom. The van der Waals surface area contributed by atoms with Crippen LogP contribution in [0.1, 0.15) is 50.1 Å². The molecule has 1 aliphatic rings. The van der Waals surface area contributed by atoms with E-state index < -0.39 is 29.8 Å². The molecule has 4 heterocycles. The molecule has 3 aromatic rings. The number of hydrogen-bond acceptors (Lipinski definition) is 9. The summed E-state index contributed by atoms with van der Waals surface area (Å²) < 4.78 is 45.7. The minimum Gasteiger partial charge on any atom is -0.447 e. The highest BCUT2D eigenvalue weighted by molar-refractivity contribution is 7.15. The lowest BCUT2D eigenvalue weighted by Gasteiger charge is -2.27. The molecule has 0 aliphatic carbocycles. The van der Waals surface area contributed by atoms with Gasteiger partial charge in [-0.1, -0.05) is 0 Å². The minimum atomic E-state index is -4.44. The Bertz CT molecular complexity index is 1300. The van der Waals surface area contributed by atoms with Crippen LogP contribution in [0.5, 0.6) is 0 Å². The zero-order valence-electron chi connectivity index (χ0n) is 20.9. The van der Waals surface area contributed by atoms with Crippen LogP contribution >= 0.6 is 11.3 Å². The third kappa shape index (κ3) is 5.23. The first-order valence-electron chi connectivity index (χ1n) is 11.5. The average Bonchev–Trinajstić information content (AvgIpc) is 3.41. The van der Waals surface area contributed by atoms with E-state index in [1.807, 2.05) is 6.92 Å². The number of nitrogens with one attached hydrogen (secondary N) is 1. The number of anilines is 2. The van der Waals surface area contributed by atoms with Crippen LogP contribution in [0.25, 0.3) is 10.4 Å². The number of nitrogens with zero attached hydrogens (tertiary/aromatic N) is 5. The van der Waals surface area contributed by atoms with Gasteiger partial charge in [0.25, 0.3) is 0 Å². The predicted molar refractivity (Wildman–Crippen MR) is 133 cm³/mol. The number of rotatable bonds is 7. The standard InChI is InChI=1S/C24H27F3N6O3S/c1-12-19(15-6-8-28-17(10-15)23(4,5)24(25,26)27)37-20(30-12)13(2)31-21-29-9-7-18(32-21)33-16(14(3)34)11-36-22(33)35/h6-10,13-14,16,34H,11H2,1-5H3,(H,29,31,32)/t13-,14-,16?/m1/s1. The summed E-state index contributed by atoms with van der Waals surface area (Å²) >= 11 is 1.35. The highest BCUT2D eigenvalue weighted by atomic mass is 32.1. The first kappa shape index (κ1) is 26.7. The summed E-state index contributed by atoms with van der Waals surface area (Å²) in [6.45, 7) is 7.48. The number of pyridine rings is 1. The largest absolute Gasteiger partial charge is 0.447 e. The molecule has 37 heavy (non-hydrogen) atoms. The van der Waals surface area contributed by atoms with Crippen LogP contribution in [0.2, 0.25) is 0 Å². The van der Waals surface area contributed by atoms with Crippen LogP contribution in [0.3, 0.4) is 0 Å². The van der Waals surface area contributed by atoms with Crippen molar-refractivity contribution in [1.29, 1.82) is 0 Å². The third-order valence-electron chi connectivity index (χ3n) is 6.25. The molecular weight excluding hydrogens is 509 g/mol. The van der Waals surface area contributed by atoms with Gasteiger partial charge in [0.15, 0.2) is 0 Å². The Balaban J connectivity index is 1.56. The lowest BCUT2D eigenvalue weighted by molar-refractivity contribution is -0.181. The van der Waals surface area contributed by atoms with Gasteiger partial charge in [0.1, 0.15) is 28.9 Å². The second-order valence-electron chi connectivity index (χ2n) is 9.38. The van der Waals surface area contributed by atoms with Crippen LogP contribution in [-0.4, -0.2) is 56.1 Å². The summed E-state index contributed by atoms with van der Waals surface area (Å²) in [6, 6.07) is 3.75. The lowest BCUT2D eigenvalue weighted by Crippen LogP contribution is -2.41. The second kappa shape index (κ2) is 9.86. The summed E-state index contributed by atoms with van der Waals surface area (Å²) in [6.07, 6.45) is -3.00. The van der Waals surface area contributed by atoms with E-state index in [1.165, 1.54) is 34.7 Å². The van der Waals surface area contributed by atoms with Gasteiger partial charge in [-0.2, -0.15) is 18.2 Å². The first-order valence-corrected chi connectivity index (χ1v) is 12.4. The molecule has 198 valence electrons. The second-order valence-corrected chi connectivity index (χ2v) is 10.4. The summed E-state index contributed by atoms with van der Waals surface area (Å²) in [5.74, 6) is 0.521. The Labute approximate surface area is 215 Å². The molecule has 0 spiro atoms. The van der Waals surface area contributed by atoms with Crippen molar-refractivity contribution in [2.24, 2.45) is 0 Å². The van der Waals surface area contributed by atoms with E-state index in [1.54, 1.807) is 26.0 Å². The number of ether oxygens (including phenoxy) is 1. The Kier molecular flexibility index (Phi) is 7.12. The number of halogens is 3. The number of thiazole rings is 1. The first-order chi connectivity index (χ1) is 17.3. The average molecular weight is 537 g/mol. The molecule has 3 atom stereocenters. The molecule has 1 unspecified atom stereocenters. The van der Waals surface area contributed by atoms with E-state index in [2.05, 4.69) is 25.3 Å². The summed E-state index contributed by atoms with van der Waals surface area (Å²) in [4.78, 5) is 31.4. The topological polar surface area (TPSA) is 113 Å². The van der Waals surface area contributed by atoms with Gasteiger partial charge < -0.3 is 15.2 Å². The van der Waals surface area contributed by atoms with Crippen LogP contribution in [0.15, 0.2) is 30.6 Å². The number of cyclic esters (lactones) is 1. The number of aromatic nitrogens is 4. The van der Waals surface area contributed by atoms with E-state index in [0.29, 0.717) is 16.3 Å². The number of carbonyl (C=O) groups excluding carboxylic acids is 1. The van der Waals surface area contributed by atoms with Gasteiger partial charge in [-0.25, -0.2) is 14.8 Å². The molecule has 4 rings (SSSR count). The van der Waals surface area contributed by atoms with Crippen molar-refractivity contribution >= 4 is 29.2 Å². The lowest BCUT2D eigenvalue weighted by atomic mass is 9.87. The SMILES string of the molecule is Cc1nc([C@@H](C)Nc2nccc(N3C(=O)OCC3[C@@H](C)O)n2)sc1-c1ccnc(C(C)(C)C(F)(F)F)c1. The number of aliphatic hydroxyl groups excluding tert-OH is 1. The monoisotopic (exact) mass is 536 g/mol. The van der Waals surface area contributed by atoms with E-state index in [0.717, 1.165) is 18.7 Å². The van der Waals surface area contributed by atoms with Crippen molar-refractivity contribution in [2.45, 2.75) is 64.4 Å². The molecule has 13 heteroatoms. The fourth-order valence-electron chi connectivity index (χ4n) is 3.79. The zero-order valence-corrected chi connectivity index (χ0v) is 21.7. The van der Waals surface area contributed by atoms with Crippen molar-refractivity contribution in [1.82, 2.24) is 19.9 Å². The highest BCUT2D eigenvalue weighted by Crippen LogP contribution is 2.41. The number of alkyl halides is 3. The Morgan fingerprint density at radius 1 is 1.19 bits per heavy atom. The van der Waals surface area contributed by atoms with Gasteiger partial charge in [-0.15, -0.1) is 11.3 Å². The number of hydrogen-bond donors (Lipinski definition) is 2. The molecule has 1 amide bonds. The maximum absolute atomic E-state index is 13.5. The van der Waals surface area contributed by atoms with E-state index in [9.17, 15) is 23.1 Å². The Hall–Kier alpha value is -3.32. The maximum atomic E-state index is 13.5. The van der Waals surface area contributed by atoms with Crippen LogP contribution in [0.4, 0.5) is 29.7 Å². The molecule has 2 N–H and O–H groups in total. The molecule has 9 nitrogen and oxygen atoms in total. The molecule has 0 aromatic carbocycles. The fourth-order valence-corrected chi connectivity index (χ4v) is 4.86. The van der Waals surface area contributed by atoms with Crippen LogP contribution < -0.4 is 10.2 Å². The van der Waals surface area contributed by atoms with Crippen LogP contribution in [0, 0.1) is 6.92 Å². The van der Waals surface area contributed by atoms with Crippen molar-refractivity contribution in [3.05, 3.63) is 47.0 Å². The minimum absolute atomic E-state index is 0.0533. The number of carbonyl (C=O) groups is 1. The molecule has 1 saturated heterocycles. The Morgan fingerprint density at radius 2 is 1.89 bits per heavy atom. The summed E-state index contributed by atoms with van der Waals surface area (Å²) in [7, 11) is 0. The quantitative estimate of drug-likeness (QED) is 0.433. The summed E-state index contributed by atoms with van der Waals surface area (Å²) in [5, 5.41) is 13.8. The van der Waals surface area contributed by atoms with Crippen LogP contribution in [-0.2, 0) is 10.2 Å². The third-order valence-corrected chi connectivity index (χ3v) is 7.64. The number of aryl methyl sites for hydroxylation is 1. The molecule has 1 aliphatic heterocycles. The molecular formula is C24H27F3N6O3S. The van der Waals surface area contributed by atoms with Crippen molar-refractivity contribution in [3.63, 3.8) is 0 Å². The molecule has 3 aromatic heterocycles. The molecule has 0 saturated carbocycles. The van der Waals surface area contributed by atoms with E-state index in [4.69, 9.17) is 4.74 Å². The zero-order chi connectivity index (χ0) is 27.1. The van der Waals surface area contributed by atoms with Gasteiger partial charge in [-0.3, -0.25) is 9.88 Å². The maximum Gasteiger partial charge on any atom is 0.416 e. The van der Waals surface area contributed by atoms with Gasteiger partial charge in [0, 0.05) is 12.4 Å². The summed E-state index contributed by atoms with van der Waals surface area (Å²) in [5.41, 5.74) is -0.897. The smallest absolute Gasteiger partial charge is 0.416 e. The van der Waals surface area contributed by atoms with E-state index in [-0.39, 0.29) is 30.1 Å². The van der Waals surface area contributed by atoms with Gasteiger partial charge in [-0.05, 0) is 58.4 Å². The van der Waals surface area contributed by atoms with Crippen molar-refractivity contribution in [3.8, 4) is 10.4 Å². The number of aliphatic hydroxyl groups is 1.